The number of amides is 1. The molecule has 1 aromatic carbocycles. The van der Waals surface area contributed by atoms with Crippen LogP contribution in [0.2, 0.25) is 0 Å². The summed E-state index contributed by atoms with van der Waals surface area (Å²) >= 11 is 1.33. The molecule has 5 nitrogen and oxygen atoms in total. The van der Waals surface area contributed by atoms with Gasteiger partial charge in [0, 0.05) is 18.7 Å². The van der Waals surface area contributed by atoms with E-state index in [4.69, 9.17) is 0 Å². The smallest absolute Gasteiger partial charge is 0.311 e. The van der Waals surface area contributed by atoms with E-state index in [2.05, 4.69) is 0 Å². The predicted octanol–water partition coefficient (Wildman–Crippen LogP) is 3.55. The largest absolute Gasteiger partial charge is 0.481 e. The maximum atomic E-state index is 13.1. The van der Waals surface area contributed by atoms with Gasteiger partial charge in [0.1, 0.15) is 0 Å². The quantitative estimate of drug-likeness (QED) is 0.816. The van der Waals surface area contributed by atoms with Gasteiger partial charge in [0.25, 0.3) is 5.91 Å². The number of benzene rings is 1. The number of carboxylic acids is 1. The standard InChI is InChI=1S/C20H21NO4S/c1-13(2)20(19(24)25)9-10-21(12-20)18(23)15-7-4-3-6-14(15)17(22)16-8-5-11-26-16/h3-8,11,13H,9-10,12H2,1-2H3,(H,24,25). The van der Waals surface area contributed by atoms with Crippen LogP contribution in [0.3, 0.4) is 0 Å². The number of carbonyl (C=O) groups excluding carboxylic acids is 2. The Morgan fingerprint density at radius 1 is 1.12 bits per heavy atom. The van der Waals surface area contributed by atoms with Crippen molar-refractivity contribution in [1.29, 1.82) is 0 Å². The summed E-state index contributed by atoms with van der Waals surface area (Å²) in [6.45, 7) is 4.29. The topological polar surface area (TPSA) is 74.7 Å². The molecule has 2 heterocycles. The summed E-state index contributed by atoms with van der Waals surface area (Å²) in [7, 11) is 0. The maximum absolute atomic E-state index is 13.1. The van der Waals surface area contributed by atoms with Crippen molar-refractivity contribution in [1.82, 2.24) is 4.90 Å². The molecule has 0 bridgehead atoms. The van der Waals surface area contributed by atoms with E-state index in [1.807, 2.05) is 19.2 Å². The third-order valence-electron chi connectivity index (χ3n) is 5.27. The zero-order chi connectivity index (χ0) is 18.9. The molecule has 1 saturated heterocycles. The Hall–Kier alpha value is -2.47. The van der Waals surface area contributed by atoms with Gasteiger partial charge in [-0.1, -0.05) is 38.1 Å². The normalized spacial score (nSPS) is 19.7. The van der Waals surface area contributed by atoms with Crippen LogP contribution in [0.15, 0.2) is 41.8 Å². The molecule has 1 unspecified atom stereocenters. The Morgan fingerprint density at radius 3 is 2.35 bits per heavy atom. The van der Waals surface area contributed by atoms with Crippen molar-refractivity contribution in [2.45, 2.75) is 20.3 Å². The fourth-order valence-electron chi connectivity index (χ4n) is 3.48. The first-order valence-corrected chi connectivity index (χ1v) is 9.44. The number of nitrogens with zero attached hydrogens (tertiary/aromatic N) is 1. The molecular formula is C20H21NO4S. The number of rotatable bonds is 5. The van der Waals surface area contributed by atoms with Crippen LogP contribution < -0.4 is 0 Å². The molecule has 6 heteroatoms. The van der Waals surface area contributed by atoms with Crippen LogP contribution in [-0.4, -0.2) is 40.8 Å². The highest BCUT2D eigenvalue weighted by Crippen LogP contribution is 2.39. The van der Waals surface area contributed by atoms with E-state index in [0.717, 1.165) is 0 Å². The second kappa shape index (κ2) is 7.03. The lowest BCUT2D eigenvalue weighted by Gasteiger charge is -2.28. The van der Waals surface area contributed by atoms with Gasteiger partial charge in [-0.15, -0.1) is 11.3 Å². The van der Waals surface area contributed by atoms with E-state index >= 15 is 0 Å². The fourth-order valence-corrected chi connectivity index (χ4v) is 4.16. The van der Waals surface area contributed by atoms with E-state index < -0.39 is 11.4 Å². The first kappa shape index (κ1) is 18.3. The summed E-state index contributed by atoms with van der Waals surface area (Å²) in [5, 5.41) is 11.5. The minimum atomic E-state index is -0.928. The Balaban J connectivity index is 1.90. The summed E-state index contributed by atoms with van der Waals surface area (Å²) in [6, 6.07) is 10.3. The zero-order valence-electron chi connectivity index (χ0n) is 14.8. The first-order chi connectivity index (χ1) is 12.4. The van der Waals surface area contributed by atoms with Crippen LogP contribution in [0.4, 0.5) is 0 Å². The highest BCUT2D eigenvalue weighted by Gasteiger charge is 2.48. The van der Waals surface area contributed by atoms with Gasteiger partial charge in [-0.25, -0.2) is 0 Å². The van der Waals surface area contributed by atoms with Crippen molar-refractivity contribution in [3.8, 4) is 0 Å². The molecule has 0 aliphatic carbocycles. The van der Waals surface area contributed by atoms with E-state index in [9.17, 15) is 19.5 Å². The van der Waals surface area contributed by atoms with Crippen LogP contribution in [-0.2, 0) is 4.79 Å². The summed E-state index contributed by atoms with van der Waals surface area (Å²) in [4.78, 5) is 39.7. The highest BCUT2D eigenvalue weighted by molar-refractivity contribution is 7.12. The zero-order valence-corrected chi connectivity index (χ0v) is 15.6. The minimum Gasteiger partial charge on any atom is -0.481 e. The van der Waals surface area contributed by atoms with Crippen molar-refractivity contribution >= 4 is 29.0 Å². The van der Waals surface area contributed by atoms with E-state index in [-0.39, 0.29) is 24.2 Å². The summed E-state index contributed by atoms with van der Waals surface area (Å²) in [5.74, 6) is -1.42. The predicted molar refractivity (Wildman–Crippen MR) is 99.6 cm³/mol. The van der Waals surface area contributed by atoms with Crippen molar-refractivity contribution in [2.75, 3.05) is 13.1 Å². The number of thiophene rings is 1. The van der Waals surface area contributed by atoms with Gasteiger partial charge in [-0.3, -0.25) is 14.4 Å². The Labute approximate surface area is 156 Å². The molecule has 26 heavy (non-hydrogen) atoms. The van der Waals surface area contributed by atoms with Crippen LogP contribution >= 0.6 is 11.3 Å². The van der Waals surface area contributed by atoms with Crippen molar-refractivity contribution in [3.63, 3.8) is 0 Å². The first-order valence-electron chi connectivity index (χ1n) is 8.57. The molecule has 136 valence electrons. The molecule has 3 rings (SSSR count). The number of aliphatic carboxylic acids is 1. The summed E-state index contributed by atoms with van der Waals surface area (Å²) < 4.78 is 0. The minimum absolute atomic E-state index is 0.0826. The number of hydrogen-bond donors (Lipinski definition) is 1. The van der Waals surface area contributed by atoms with Crippen LogP contribution in [0.25, 0.3) is 0 Å². The Morgan fingerprint density at radius 2 is 1.81 bits per heavy atom. The molecule has 1 aliphatic heterocycles. The van der Waals surface area contributed by atoms with Gasteiger partial charge in [-0.2, -0.15) is 0 Å². The molecule has 1 aliphatic rings. The number of carbonyl (C=O) groups is 3. The summed E-state index contributed by atoms with van der Waals surface area (Å²) in [5.41, 5.74) is -0.240. The van der Waals surface area contributed by atoms with Crippen LogP contribution in [0.5, 0.6) is 0 Å². The number of likely N-dealkylation sites (tertiary alicyclic amines) is 1. The van der Waals surface area contributed by atoms with Gasteiger partial charge in [-0.05, 0) is 29.9 Å². The summed E-state index contributed by atoms with van der Waals surface area (Å²) in [6.07, 6.45) is 0.423. The van der Waals surface area contributed by atoms with Gasteiger partial charge in [0.05, 0.1) is 15.9 Å². The van der Waals surface area contributed by atoms with Gasteiger partial charge >= 0.3 is 5.97 Å². The van der Waals surface area contributed by atoms with Crippen LogP contribution in [0.1, 0.15) is 45.9 Å². The molecule has 0 spiro atoms. The Kier molecular flexibility index (Phi) is 4.96. The van der Waals surface area contributed by atoms with E-state index in [0.29, 0.717) is 29.0 Å². The molecule has 0 saturated carbocycles. The van der Waals surface area contributed by atoms with Crippen molar-refractivity contribution in [3.05, 3.63) is 57.8 Å². The third-order valence-corrected chi connectivity index (χ3v) is 6.13. The monoisotopic (exact) mass is 371 g/mol. The number of carboxylic acid groups (broad SMARTS) is 1. The number of hydrogen-bond acceptors (Lipinski definition) is 4. The lowest BCUT2D eigenvalue weighted by atomic mass is 9.76. The molecular weight excluding hydrogens is 350 g/mol. The number of ketones is 1. The van der Waals surface area contributed by atoms with Crippen LogP contribution in [0, 0.1) is 11.3 Å². The second-order valence-electron chi connectivity index (χ2n) is 6.94. The van der Waals surface area contributed by atoms with E-state index in [1.165, 1.54) is 11.3 Å². The third kappa shape index (κ3) is 3.05. The highest BCUT2D eigenvalue weighted by atomic mass is 32.1. The van der Waals surface area contributed by atoms with Crippen molar-refractivity contribution in [2.24, 2.45) is 11.3 Å². The molecule has 1 fully saturated rings. The maximum Gasteiger partial charge on any atom is 0.311 e. The second-order valence-corrected chi connectivity index (χ2v) is 7.89. The lowest BCUT2D eigenvalue weighted by Crippen LogP contribution is -2.40. The fraction of sp³-hybridized carbons (Fsp3) is 0.350. The van der Waals surface area contributed by atoms with Gasteiger partial charge in [0.2, 0.25) is 5.78 Å². The van der Waals surface area contributed by atoms with E-state index in [1.54, 1.807) is 41.3 Å². The molecule has 0 radical (unpaired) electrons. The molecule has 1 amide bonds. The molecule has 2 aromatic rings. The van der Waals surface area contributed by atoms with Gasteiger partial charge < -0.3 is 10.0 Å². The van der Waals surface area contributed by atoms with Gasteiger partial charge in [0.15, 0.2) is 0 Å². The average Bonchev–Trinajstić information content (AvgIpc) is 3.30. The Bertz CT molecular complexity index is 843. The molecule has 1 N–H and O–H groups in total. The molecule has 1 atom stereocenters. The average molecular weight is 371 g/mol. The molecule has 1 aromatic heterocycles. The lowest BCUT2D eigenvalue weighted by molar-refractivity contribution is -0.150. The SMILES string of the molecule is CC(C)C1(C(=O)O)CCN(C(=O)c2ccccc2C(=O)c2cccs2)C1. The van der Waals surface area contributed by atoms with Crippen molar-refractivity contribution < 1.29 is 19.5 Å².